The number of carbonyl (C=O) groups excluding carboxylic acids is 1. The molecule has 0 radical (unpaired) electrons. The summed E-state index contributed by atoms with van der Waals surface area (Å²) < 4.78 is 18.8. The highest BCUT2D eigenvalue weighted by Gasteiger charge is 2.38. The van der Waals surface area contributed by atoms with Gasteiger partial charge in [-0.3, -0.25) is 4.90 Å². The van der Waals surface area contributed by atoms with Gasteiger partial charge in [-0.05, 0) is 12.0 Å². The van der Waals surface area contributed by atoms with Crippen LogP contribution >= 0.6 is 0 Å². The minimum absolute atomic E-state index is 0.191. The van der Waals surface area contributed by atoms with Crippen LogP contribution in [0.3, 0.4) is 0 Å². The van der Waals surface area contributed by atoms with E-state index in [9.17, 15) is 9.18 Å². The normalized spacial score (nSPS) is 29.0. The zero-order valence-electron chi connectivity index (χ0n) is 12.5. The topological polar surface area (TPSA) is 58.8 Å². The molecule has 2 N–H and O–H groups in total. The van der Waals surface area contributed by atoms with Crippen LogP contribution in [0.5, 0.6) is 0 Å². The number of hydrogen-bond acceptors (Lipinski definition) is 4. The average molecular weight is 307 g/mol. The summed E-state index contributed by atoms with van der Waals surface area (Å²) in [5.74, 6) is 0. The standard InChI is InChI=1S/C16H22FN3O2/c17-14-9-20(10-15(14)18)13-6-7-19(8-13)16(21)22-11-12-4-2-1-3-5-12/h1-5,13-15H,6-11,18H2/t13-,14+,15+/m0/s1. The summed E-state index contributed by atoms with van der Waals surface area (Å²) in [4.78, 5) is 15.8. The minimum Gasteiger partial charge on any atom is -0.445 e. The van der Waals surface area contributed by atoms with Gasteiger partial charge in [0.25, 0.3) is 0 Å². The summed E-state index contributed by atoms with van der Waals surface area (Å²) >= 11 is 0. The van der Waals surface area contributed by atoms with Crippen LogP contribution in [0, 0.1) is 0 Å². The molecule has 2 heterocycles. The lowest BCUT2D eigenvalue weighted by atomic mass is 10.2. The molecule has 5 nitrogen and oxygen atoms in total. The number of halogens is 1. The Labute approximate surface area is 129 Å². The third kappa shape index (κ3) is 3.39. The monoisotopic (exact) mass is 307 g/mol. The van der Waals surface area contributed by atoms with Crippen molar-refractivity contribution in [2.24, 2.45) is 5.73 Å². The molecule has 0 unspecified atom stereocenters. The van der Waals surface area contributed by atoms with Gasteiger partial charge in [-0.1, -0.05) is 30.3 Å². The van der Waals surface area contributed by atoms with Crippen molar-refractivity contribution in [3.05, 3.63) is 35.9 Å². The number of rotatable bonds is 3. The molecule has 2 aliphatic rings. The third-order valence-corrected chi connectivity index (χ3v) is 4.46. The molecule has 2 saturated heterocycles. The molecule has 2 aliphatic heterocycles. The second-order valence-corrected chi connectivity index (χ2v) is 6.06. The molecule has 3 rings (SSSR count). The van der Waals surface area contributed by atoms with Crippen molar-refractivity contribution in [2.45, 2.75) is 31.3 Å². The van der Waals surface area contributed by atoms with Gasteiger partial charge >= 0.3 is 6.09 Å². The number of nitrogens with two attached hydrogens (primary N) is 1. The maximum Gasteiger partial charge on any atom is 0.410 e. The largest absolute Gasteiger partial charge is 0.445 e. The van der Waals surface area contributed by atoms with Crippen molar-refractivity contribution < 1.29 is 13.9 Å². The molecule has 120 valence electrons. The lowest BCUT2D eigenvalue weighted by Crippen LogP contribution is -2.39. The quantitative estimate of drug-likeness (QED) is 0.916. The van der Waals surface area contributed by atoms with E-state index in [1.54, 1.807) is 4.90 Å². The highest BCUT2D eigenvalue weighted by atomic mass is 19.1. The number of nitrogens with zero attached hydrogens (tertiary/aromatic N) is 2. The van der Waals surface area contributed by atoms with Crippen LogP contribution < -0.4 is 5.73 Å². The van der Waals surface area contributed by atoms with E-state index < -0.39 is 12.2 Å². The summed E-state index contributed by atoms with van der Waals surface area (Å²) in [5.41, 5.74) is 6.69. The minimum atomic E-state index is -0.959. The Balaban J connectivity index is 1.47. The molecule has 3 atom stereocenters. The van der Waals surface area contributed by atoms with Crippen LogP contribution in [0.2, 0.25) is 0 Å². The lowest BCUT2D eigenvalue weighted by Gasteiger charge is -2.23. The van der Waals surface area contributed by atoms with Gasteiger partial charge in [0.1, 0.15) is 12.8 Å². The molecule has 0 saturated carbocycles. The molecule has 1 amide bonds. The summed E-state index contributed by atoms with van der Waals surface area (Å²) in [6, 6.07) is 9.39. The fourth-order valence-electron chi connectivity index (χ4n) is 3.13. The van der Waals surface area contributed by atoms with E-state index in [2.05, 4.69) is 4.90 Å². The van der Waals surface area contributed by atoms with Gasteiger partial charge in [0.2, 0.25) is 0 Å². The van der Waals surface area contributed by atoms with Crippen LogP contribution in [0.25, 0.3) is 0 Å². The Hall–Kier alpha value is -1.66. The molecule has 1 aromatic carbocycles. The first-order valence-corrected chi connectivity index (χ1v) is 7.73. The van der Waals surface area contributed by atoms with Gasteiger partial charge < -0.3 is 15.4 Å². The van der Waals surface area contributed by atoms with E-state index >= 15 is 0 Å². The number of alkyl halides is 1. The van der Waals surface area contributed by atoms with E-state index in [0.29, 0.717) is 26.2 Å². The number of hydrogen-bond donors (Lipinski definition) is 1. The number of benzene rings is 1. The fraction of sp³-hybridized carbons (Fsp3) is 0.562. The molecule has 0 spiro atoms. The maximum absolute atomic E-state index is 13.5. The highest BCUT2D eigenvalue weighted by Crippen LogP contribution is 2.22. The second kappa shape index (κ2) is 6.62. The predicted octanol–water partition coefficient (Wildman–Crippen LogP) is 1.38. The van der Waals surface area contributed by atoms with Gasteiger partial charge in [-0.15, -0.1) is 0 Å². The van der Waals surface area contributed by atoms with Gasteiger partial charge in [0.15, 0.2) is 0 Å². The molecule has 0 bridgehead atoms. The summed E-state index contributed by atoms with van der Waals surface area (Å²) in [6.07, 6.45) is -0.411. The third-order valence-electron chi connectivity index (χ3n) is 4.46. The second-order valence-electron chi connectivity index (χ2n) is 6.06. The van der Waals surface area contributed by atoms with Crippen molar-refractivity contribution in [2.75, 3.05) is 26.2 Å². The van der Waals surface area contributed by atoms with Crippen LogP contribution in [0.15, 0.2) is 30.3 Å². The fourth-order valence-corrected chi connectivity index (χ4v) is 3.13. The van der Waals surface area contributed by atoms with E-state index in [0.717, 1.165) is 12.0 Å². The number of amides is 1. The zero-order chi connectivity index (χ0) is 15.5. The van der Waals surface area contributed by atoms with Crippen molar-refractivity contribution in [1.82, 2.24) is 9.80 Å². The first-order valence-electron chi connectivity index (χ1n) is 7.73. The van der Waals surface area contributed by atoms with Crippen molar-refractivity contribution in [3.63, 3.8) is 0 Å². The number of ether oxygens (including phenoxy) is 1. The molecule has 0 aromatic heterocycles. The van der Waals surface area contributed by atoms with Gasteiger partial charge in [0.05, 0.1) is 0 Å². The molecular formula is C16H22FN3O2. The van der Waals surface area contributed by atoms with Crippen LogP contribution in [-0.4, -0.2) is 60.3 Å². The predicted molar refractivity (Wildman–Crippen MR) is 81.0 cm³/mol. The zero-order valence-corrected chi connectivity index (χ0v) is 12.5. The summed E-state index contributed by atoms with van der Waals surface area (Å²) in [7, 11) is 0. The Bertz CT molecular complexity index is 503. The maximum atomic E-state index is 13.5. The molecule has 0 aliphatic carbocycles. The Morgan fingerprint density at radius 2 is 2.05 bits per heavy atom. The molecule has 2 fully saturated rings. The van der Waals surface area contributed by atoms with Gasteiger partial charge in [-0.25, -0.2) is 9.18 Å². The lowest BCUT2D eigenvalue weighted by molar-refractivity contribution is 0.101. The molecule has 1 aromatic rings. The van der Waals surface area contributed by atoms with Crippen LogP contribution in [0.4, 0.5) is 9.18 Å². The van der Waals surface area contributed by atoms with E-state index in [-0.39, 0.29) is 18.7 Å². The first-order chi connectivity index (χ1) is 10.6. The van der Waals surface area contributed by atoms with Crippen LogP contribution in [-0.2, 0) is 11.3 Å². The number of likely N-dealkylation sites (tertiary alicyclic amines) is 2. The van der Waals surface area contributed by atoms with E-state index in [1.165, 1.54) is 0 Å². The SMILES string of the molecule is N[C@@H]1CN([C@H]2CCN(C(=O)OCc3ccccc3)C2)C[C@H]1F. The Kier molecular flexibility index (Phi) is 4.59. The van der Waals surface area contributed by atoms with E-state index in [4.69, 9.17) is 10.5 Å². The molecule has 6 heteroatoms. The van der Waals surface area contributed by atoms with Gasteiger partial charge in [0, 0.05) is 38.3 Å². The molecule has 22 heavy (non-hydrogen) atoms. The van der Waals surface area contributed by atoms with Crippen molar-refractivity contribution >= 4 is 6.09 Å². The molecular weight excluding hydrogens is 285 g/mol. The smallest absolute Gasteiger partial charge is 0.410 e. The van der Waals surface area contributed by atoms with Crippen molar-refractivity contribution in [1.29, 1.82) is 0 Å². The Morgan fingerprint density at radius 1 is 1.27 bits per heavy atom. The summed E-state index contributed by atoms with van der Waals surface area (Å²) in [5, 5.41) is 0. The first kappa shape index (κ1) is 15.2. The average Bonchev–Trinajstić information content (AvgIpc) is 3.14. The number of carbonyl (C=O) groups is 1. The van der Waals surface area contributed by atoms with Gasteiger partial charge in [-0.2, -0.15) is 0 Å². The summed E-state index contributed by atoms with van der Waals surface area (Å²) in [6.45, 7) is 2.47. The Morgan fingerprint density at radius 3 is 2.73 bits per heavy atom. The van der Waals surface area contributed by atoms with Crippen LogP contribution in [0.1, 0.15) is 12.0 Å². The van der Waals surface area contributed by atoms with E-state index in [1.807, 2.05) is 30.3 Å². The van der Waals surface area contributed by atoms with Crippen molar-refractivity contribution in [3.8, 4) is 0 Å². The highest BCUT2D eigenvalue weighted by molar-refractivity contribution is 5.68.